The first kappa shape index (κ1) is 13.5. The summed E-state index contributed by atoms with van der Waals surface area (Å²) in [6.45, 7) is 5.63. The molecule has 4 heteroatoms. The minimum absolute atomic E-state index is 0.355. The third-order valence-corrected chi connectivity index (χ3v) is 3.24. The largest absolute Gasteiger partial charge is 0.480 e. The highest BCUT2D eigenvalue weighted by molar-refractivity contribution is 5.73. The van der Waals surface area contributed by atoms with Crippen molar-refractivity contribution in [2.24, 2.45) is 5.92 Å². The molecule has 1 unspecified atom stereocenters. The standard InChI is InChI=1S/C12H23NO3/c1-9(2)8-11(12(14)15)13(3)10-4-6-16-7-5-10/h9-11H,4-8H2,1-3H3,(H,14,15). The molecule has 1 aliphatic rings. The number of hydrogen-bond donors (Lipinski definition) is 1. The highest BCUT2D eigenvalue weighted by atomic mass is 16.5. The van der Waals surface area contributed by atoms with Crippen molar-refractivity contribution in [2.75, 3.05) is 20.3 Å². The predicted octanol–water partition coefficient (Wildman–Crippen LogP) is 1.60. The minimum atomic E-state index is -0.706. The van der Waals surface area contributed by atoms with E-state index in [9.17, 15) is 9.90 Å². The summed E-state index contributed by atoms with van der Waals surface area (Å²) in [5.41, 5.74) is 0. The molecule has 1 rings (SSSR count). The monoisotopic (exact) mass is 229 g/mol. The Morgan fingerprint density at radius 3 is 2.44 bits per heavy atom. The number of nitrogens with zero attached hydrogens (tertiary/aromatic N) is 1. The zero-order valence-electron chi connectivity index (χ0n) is 10.5. The summed E-state index contributed by atoms with van der Waals surface area (Å²) in [5, 5.41) is 9.25. The fraction of sp³-hybridized carbons (Fsp3) is 0.917. The maximum Gasteiger partial charge on any atom is 0.320 e. The van der Waals surface area contributed by atoms with Crippen LogP contribution in [0, 0.1) is 5.92 Å². The summed E-state index contributed by atoms with van der Waals surface area (Å²) < 4.78 is 5.30. The number of likely N-dealkylation sites (N-methyl/N-ethyl adjacent to an activating group) is 1. The van der Waals surface area contributed by atoms with Gasteiger partial charge in [-0.05, 0) is 32.2 Å². The summed E-state index contributed by atoms with van der Waals surface area (Å²) in [4.78, 5) is 13.3. The highest BCUT2D eigenvalue weighted by Crippen LogP contribution is 2.19. The molecule has 0 aromatic heterocycles. The maximum atomic E-state index is 11.2. The number of hydrogen-bond acceptors (Lipinski definition) is 3. The molecule has 1 fully saturated rings. The molecule has 1 aliphatic heterocycles. The summed E-state index contributed by atoms with van der Waals surface area (Å²) in [7, 11) is 1.93. The Morgan fingerprint density at radius 2 is 2.00 bits per heavy atom. The molecule has 1 atom stereocenters. The Morgan fingerprint density at radius 1 is 1.44 bits per heavy atom. The van der Waals surface area contributed by atoms with Crippen LogP contribution < -0.4 is 0 Å². The van der Waals surface area contributed by atoms with E-state index in [0.29, 0.717) is 18.4 Å². The Labute approximate surface area is 97.6 Å². The van der Waals surface area contributed by atoms with E-state index < -0.39 is 5.97 Å². The van der Waals surface area contributed by atoms with Crippen LogP contribution in [0.3, 0.4) is 0 Å². The van der Waals surface area contributed by atoms with E-state index in [-0.39, 0.29) is 6.04 Å². The number of carboxylic acids is 1. The lowest BCUT2D eigenvalue weighted by molar-refractivity contribution is -0.145. The van der Waals surface area contributed by atoms with Crippen molar-refractivity contribution in [3.63, 3.8) is 0 Å². The van der Waals surface area contributed by atoms with Crippen molar-refractivity contribution in [2.45, 2.75) is 45.2 Å². The molecule has 0 spiro atoms. The molecule has 0 aromatic carbocycles. The fourth-order valence-corrected chi connectivity index (χ4v) is 2.23. The molecular formula is C12H23NO3. The maximum absolute atomic E-state index is 11.2. The van der Waals surface area contributed by atoms with Crippen molar-refractivity contribution < 1.29 is 14.6 Å². The van der Waals surface area contributed by atoms with Crippen molar-refractivity contribution in [1.82, 2.24) is 4.90 Å². The summed E-state index contributed by atoms with van der Waals surface area (Å²) >= 11 is 0. The van der Waals surface area contributed by atoms with Gasteiger partial charge in [-0.15, -0.1) is 0 Å². The van der Waals surface area contributed by atoms with Gasteiger partial charge in [-0.2, -0.15) is 0 Å². The summed E-state index contributed by atoms with van der Waals surface area (Å²) in [6.07, 6.45) is 2.60. The first-order valence-corrected chi connectivity index (χ1v) is 6.05. The van der Waals surface area contributed by atoms with Gasteiger partial charge in [0.05, 0.1) is 0 Å². The average Bonchev–Trinajstić information content (AvgIpc) is 2.25. The minimum Gasteiger partial charge on any atom is -0.480 e. The fourth-order valence-electron chi connectivity index (χ4n) is 2.23. The smallest absolute Gasteiger partial charge is 0.320 e. The Bertz CT molecular complexity index is 224. The van der Waals surface area contributed by atoms with Crippen molar-refractivity contribution in [3.8, 4) is 0 Å². The van der Waals surface area contributed by atoms with Gasteiger partial charge in [0, 0.05) is 19.3 Å². The van der Waals surface area contributed by atoms with Crippen LogP contribution in [0.2, 0.25) is 0 Å². The molecule has 0 saturated carbocycles. The summed E-state index contributed by atoms with van der Waals surface area (Å²) in [6, 6.07) is -0.00306. The number of ether oxygens (including phenoxy) is 1. The number of rotatable bonds is 5. The molecule has 1 N–H and O–H groups in total. The topological polar surface area (TPSA) is 49.8 Å². The van der Waals surface area contributed by atoms with Gasteiger partial charge >= 0.3 is 5.97 Å². The second-order valence-electron chi connectivity index (χ2n) is 4.99. The Kier molecular flexibility index (Phi) is 5.22. The van der Waals surface area contributed by atoms with E-state index >= 15 is 0 Å². The lowest BCUT2D eigenvalue weighted by Crippen LogP contribution is -2.47. The van der Waals surface area contributed by atoms with E-state index in [1.807, 2.05) is 11.9 Å². The zero-order valence-corrected chi connectivity index (χ0v) is 10.5. The van der Waals surface area contributed by atoms with Gasteiger partial charge in [-0.1, -0.05) is 13.8 Å². The van der Waals surface area contributed by atoms with Crippen molar-refractivity contribution in [3.05, 3.63) is 0 Å². The molecule has 0 aliphatic carbocycles. The molecule has 1 heterocycles. The molecule has 0 aromatic rings. The van der Waals surface area contributed by atoms with E-state index in [2.05, 4.69) is 13.8 Å². The lowest BCUT2D eigenvalue weighted by atomic mass is 9.99. The zero-order chi connectivity index (χ0) is 12.1. The molecule has 94 valence electrons. The molecule has 0 radical (unpaired) electrons. The SMILES string of the molecule is CC(C)CC(C(=O)O)N(C)C1CCOCC1. The van der Waals surface area contributed by atoms with E-state index in [1.165, 1.54) is 0 Å². The van der Waals surface area contributed by atoms with Gasteiger partial charge in [0.25, 0.3) is 0 Å². The van der Waals surface area contributed by atoms with Crippen LogP contribution >= 0.6 is 0 Å². The second kappa shape index (κ2) is 6.21. The van der Waals surface area contributed by atoms with Gasteiger partial charge < -0.3 is 9.84 Å². The normalized spacial score (nSPS) is 20.3. The summed E-state index contributed by atoms with van der Waals surface area (Å²) in [5.74, 6) is -0.300. The molecular weight excluding hydrogens is 206 g/mol. The molecule has 1 saturated heterocycles. The van der Waals surface area contributed by atoms with Crippen LogP contribution in [-0.4, -0.2) is 48.3 Å². The van der Waals surface area contributed by atoms with Gasteiger partial charge in [0.2, 0.25) is 0 Å². The van der Waals surface area contributed by atoms with Crippen LogP contribution in [-0.2, 0) is 9.53 Å². The third kappa shape index (κ3) is 3.76. The molecule has 0 amide bonds. The van der Waals surface area contributed by atoms with Crippen LogP contribution in [0.25, 0.3) is 0 Å². The molecule has 4 nitrogen and oxygen atoms in total. The van der Waals surface area contributed by atoms with E-state index in [1.54, 1.807) is 0 Å². The molecule has 16 heavy (non-hydrogen) atoms. The number of carboxylic acid groups (broad SMARTS) is 1. The second-order valence-corrected chi connectivity index (χ2v) is 4.99. The van der Waals surface area contributed by atoms with Crippen LogP contribution in [0.1, 0.15) is 33.1 Å². The van der Waals surface area contributed by atoms with Crippen LogP contribution in [0.15, 0.2) is 0 Å². The van der Waals surface area contributed by atoms with Crippen LogP contribution in [0.4, 0.5) is 0 Å². The van der Waals surface area contributed by atoms with Gasteiger partial charge in [0.1, 0.15) is 6.04 Å². The highest BCUT2D eigenvalue weighted by Gasteiger charge is 2.29. The number of aliphatic carboxylic acids is 1. The molecule has 0 bridgehead atoms. The Balaban J connectivity index is 2.58. The third-order valence-electron chi connectivity index (χ3n) is 3.24. The van der Waals surface area contributed by atoms with E-state index in [0.717, 1.165) is 26.1 Å². The van der Waals surface area contributed by atoms with E-state index in [4.69, 9.17) is 4.74 Å². The lowest BCUT2D eigenvalue weighted by Gasteiger charge is -2.35. The van der Waals surface area contributed by atoms with Crippen LogP contribution in [0.5, 0.6) is 0 Å². The average molecular weight is 229 g/mol. The Hall–Kier alpha value is -0.610. The number of carbonyl (C=O) groups is 1. The van der Waals surface area contributed by atoms with Crippen molar-refractivity contribution in [1.29, 1.82) is 0 Å². The quantitative estimate of drug-likeness (QED) is 0.778. The van der Waals surface area contributed by atoms with Gasteiger partial charge in [-0.3, -0.25) is 9.69 Å². The predicted molar refractivity (Wildman–Crippen MR) is 62.5 cm³/mol. The van der Waals surface area contributed by atoms with Gasteiger partial charge in [-0.25, -0.2) is 0 Å². The van der Waals surface area contributed by atoms with Crippen molar-refractivity contribution >= 4 is 5.97 Å². The first-order chi connectivity index (χ1) is 7.52. The van der Waals surface area contributed by atoms with Gasteiger partial charge in [0.15, 0.2) is 0 Å². The first-order valence-electron chi connectivity index (χ1n) is 6.05.